The zero-order valence-corrected chi connectivity index (χ0v) is 13.7. The van der Waals surface area contributed by atoms with Gasteiger partial charge in [-0.1, -0.05) is 0 Å². The number of nitrogens with one attached hydrogen (secondary N) is 1. The molecule has 2 aliphatic heterocycles. The molecule has 0 unspecified atom stereocenters. The Morgan fingerprint density at radius 1 is 1.17 bits per heavy atom. The van der Waals surface area contributed by atoms with E-state index in [2.05, 4.69) is 10.2 Å². The summed E-state index contributed by atoms with van der Waals surface area (Å²) in [6, 6.07) is 7.68. The van der Waals surface area contributed by atoms with Gasteiger partial charge in [-0.2, -0.15) is 0 Å². The molecule has 7 heteroatoms. The highest BCUT2D eigenvalue weighted by atomic mass is 16.6. The quantitative estimate of drug-likeness (QED) is 0.900. The topological polar surface area (TPSA) is 79.0 Å². The molecular weight excluding hydrogens is 310 g/mol. The van der Waals surface area contributed by atoms with Crippen molar-refractivity contribution in [3.05, 3.63) is 24.3 Å². The molecule has 2 aliphatic rings. The van der Waals surface area contributed by atoms with Crippen molar-refractivity contribution in [3.63, 3.8) is 0 Å². The van der Waals surface area contributed by atoms with Gasteiger partial charge in [0.25, 0.3) is 0 Å². The lowest BCUT2D eigenvalue weighted by Crippen LogP contribution is -2.34. The third-order valence-electron chi connectivity index (χ3n) is 4.30. The lowest BCUT2D eigenvalue weighted by Gasteiger charge is -2.28. The smallest absolute Gasteiger partial charge is 0.414 e. The highest BCUT2D eigenvalue weighted by molar-refractivity contribution is 5.90. The van der Waals surface area contributed by atoms with Crippen molar-refractivity contribution in [2.24, 2.45) is 0 Å². The maximum Gasteiger partial charge on any atom is 0.414 e. The Morgan fingerprint density at radius 3 is 2.42 bits per heavy atom. The fourth-order valence-corrected chi connectivity index (χ4v) is 2.95. The minimum atomic E-state index is -0.401. The summed E-state index contributed by atoms with van der Waals surface area (Å²) in [5.74, 6) is 0.168. The standard InChI is InChI=1S/C17H21N3O4/c1-12(21)18-10-16-11-20(17(23)24-16)14-4-2-13(3-5-14)19-8-6-15(22)7-9-19/h2-5,16H,6-11H2,1H3,(H,18,21)/t16-/m0/s1. The molecule has 0 aliphatic carbocycles. The zero-order valence-electron chi connectivity index (χ0n) is 13.7. The number of nitrogens with zero attached hydrogens (tertiary/aromatic N) is 2. The average Bonchev–Trinajstić information content (AvgIpc) is 2.95. The molecule has 0 radical (unpaired) electrons. The number of amides is 2. The molecule has 2 amide bonds. The second kappa shape index (κ2) is 6.90. The molecule has 0 spiro atoms. The van der Waals surface area contributed by atoms with Gasteiger partial charge < -0.3 is 15.0 Å². The number of anilines is 2. The predicted octanol–water partition coefficient (Wildman–Crippen LogP) is 1.32. The molecule has 1 aromatic rings. The molecular formula is C17H21N3O4. The number of carbonyl (C=O) groups excluding carboxylic acids is 3. The molecule has 3 rings (SSSR count). The van der Waals surface area contributed by atoms with Gasteiger partial charge in [-0.3, -0.25) is 14.5 Å². The summed E-state index contributed by atoms with van der Waals surface area (Å²) >= 11 is 0. The van der Waals surface area contributed by atoms with Gasteiger partial charge in [0.2, 0.25) is 5.91 Å². The van der Waals surface area contributed by atoms with Crippen LogP contribution in [0.5, 0.6) is 0 Å². The first kappa shape index (κ1) is 16.3. The first-order valence-corrected chi connectivity index (χ1v) is 8.12. The van der Waals surface area contributed by atoms with E-state index in [-0.39, 0.29) is 12.0 Å². The number of hydrogen-bond donors (Lipinski definition) is 1. The number of ether oxygens (including phenoxy) is 1. The summed E-state index contributed by atoms with van der Waals surface area (Å²) in [6.07, 6.45) is 0.437. The Balaban J connectivity index is 1.62. The van der Waals surface area contributed by atoms with Crippen molar-refractivity contribution in [3.8, 4) is 0 Å². The van der Waals surface area contributed by atoms with Gasteiger partial charge in [0.05, 0.1) is 13.1 Å². The zero-order chi connectivity index (χ0) is 17.1. The van der Waals surface area contributed by atoms with Crippen molar-refractivity contribution in [2.75, 3.05) is 36.0 Å². The number of Topliss-reactive ketones (excluding diaryl/α,β-unsaturated/α-hetero) is 1. The fraction of sp³-hybridized carbons (Fsp3) is 0.471. The minimum absolute atomic E-state index is 0.145. The van der Waals surface area contributed by atoms with E-state index in [1.54, 1.807) is 4.90 Å². The molecule has 0 saturated carbocycles. The lowest BCUT2D eigenvalue weighted by molar-refractivity contribution is -0.120. The van der Waals surface area contributed by atoms with Crippen LogP contribution in [-0.4, -0.2) is 50.1 Å². The molecule has 7 nitrogen and oxygen atoms in total. The van der Waals surface area contributed by atoms with Gasteiger partial charge in [-0.25, -0.2) is 4.79 Å². The van der Waals surface area contributed by atoms with Crippen LogP contribution in [-0.2, 0) is 14.3 Å². The number of carbonyl (C=O) groups is 3. The maximum atomic E-state index is 12.0. The Bertz CT molecular complexity index is 634. The van der Waals surface area contributed by atoms with Crippen LogP contribution in [0.15, 0.2) is 24.3 Å². The van der Waals surface area contributed by atoms with Crippen LogP contribution in [0.1, 0.15) is 19.8 Å². The van der Waals surface area contributed by atoms with Crippen molar-refractivity contribution in [1.82, 2.24) is 5.32 Å². The van der Waals surface area contributed by atoms with E-state index in [0.29, 0.717) is 31.7 Å². The molecule has 1 N–H and O–H groups in total. The van der Waals surface area contributed by atoms with Gasteiger partial charge in [0.1, 0.15) is 11.9 Å². The number of hydrogen-bond acceptors (Lipinski definition) is 5. The fourth-order valence-electron chi connectivity index (χ4n) is 2.95. The predicted molar refractivity (Wildman–Crippen MR) is 89.2 cm³/mol. The van der Waals surface area contributed by atoms with E-state index in [1.807, 2.05) is 24.3 Å². The number of piperidine rings is 1. The molecule has 128 valence electrons. The van der Waals surface area contributed by atoms with Crippen LogP contribution in [0.25, 0.3) is 0 Å². The third kappa shape index (κ3) is 3.67. The van der Waals surface area contributed by atoms with E-state index >= 15 is 0 Å². The van der Waals surface area contributed by atoms with E-state index in [1.165, 1.54) is 6.92 Å². The molecule has 0 bridgehead atoms. The van der Waals surface area contributed by atoms with Gasteiger partial charge in [-0.05, 0) is 24.3 Å². The summed E-state index contributed by atoms with van der Waals surface area (Å²) < 4.78 is 5.26. The van der Waals surface area contributed by atoms with Crippen LogP contribution in [0.4, 0.5) is 16.2 Å². The molecule has 2 fully saturated rings. The Morgan fingerprint density at radius 2 is 1.79 bits per heavy atom. The van der Waals surface area contributed by atoms with Crippen LogP contribution in [0.2, 0.25) is 0 Å². The number of ketones is 1. The second-order valence-electron chi connectivity index (χ2n) is 6.10. The first-order chi connectivity index (χ1) is 11.5. The minimum Gasteiger partial charge on any atom is -0.442 e. The highest BCUT2D eigenvalue weighted by Gasteiger charge is 2.32. The number of rotatable bonds is 4. The molecule has 2 saturated heterocycles. The van der Waals surface area contributed by atoms with Gasteiger partial charge in [0.15, 0.2) is 0 Å². The summed E-state index contributed by atoms with van der Waals surface area (Å²) in [7, 11) is 0. The molecule has 2 heterocycles. The SMILES string of the molecule is CC(=O)NC[C@H]1CN(c2ccc(N3CCC(=O)CC3)cc2)C(=O)O1. The highest BCUT2D eigenvalue weighted by Crippen LogP contribution is 2.26. The normalized spacial score (nSPS) is 21.0. The van der Waals surface area contributed by atoms with Crippen LogP contribution < -0.4 is 15.1 Å². The van der Waals surface area contributed by atoms with Gasteiger partial charge >= 0.3 is 6.09 Å². The summed E-state index contributed by atoms with van der Waals surface area (Å²) in [4.78, 5) is 38.0. The third-order valence-corrected chi connectivity index (χ3v) is 4.30. The van der Waals surface area contributed by atoms with Crippen molar-refractivity contribution in [2.45, 2.75) is 25.9 Å². The molecule has 1 atom stereocenters. The maximum absolute atomic E-state index is 12.0. The second-order valence-corrected chi connectivity index (χ2v) is 6.10. The van der Waals surface area contributed by atoms with E-state index in [9.17, 15) is 14.4 Å². The van der Waals surface area contributed by atoms with Gasteiger partial charge in [-0.15, -0.1) is 0 Å². The lowest BCUT2D eigenvalue weighted by atomic mass is 10.1. The van der Waals surface area contributed by atoms with E-state index in [4.69, 9.17) is 4.74 Å². The molecule has 1 aromatic carbocycles. The van der Waals surface area contributed by atoms with Crippen LogP contribution in [0, 0.1) is 0 Å². The first-order valence-electron chi connectivity index (χ1n) is 8.12. The largest absolute Gasteiger partial charge is 0.442 e. The van der Waals surface area contributed by atoms with Gasteiger partial charge in [0, 0.05) is 44.2 Å². The molecule has 24 heavy (non-hydrogen) atoms. The van der Waals surface area contributed by atoms with Crippen molar-refractivity contribution < 1.29 is 19.1 Å². The summed E-state index contributed by atoms with van der Waals surface area (Å²) in [5, 5.41) is 2.66. The molecule has 0 aromatic heterocycles. The van der Waals surface area contributed by atoms with Crippen LogP contribution >= 0.6 is 0 Å². The summed E-state index contributed by atoms with van der Waals surface area (Å²) in [6.45, 7) is 3.64. The van der Waals surface area contributed by atoms with Crippen molar-refractivity contribution >= 4 is 29.2 Å². The Labute approximate surface area is 140 Å². The summed E-state index contributed by atoms with van der Waals surface area (Å²) in [5.41, 5.74) is 1.82. The Kier molecular flexibility index (Phi) is 4.69. The Hall–Kier alpha value is -2.57. The number of benzene rings is 1. The van der Waals surface area contributed by atoms with Crippen molar-refractivity contribution in [1.29, 1.82) is 0 Å². The van der Waals surface area contributed by atoms with E-state index in [0.717, 1.165) is 24.5 Å². The number of cyclic esters (lactones) is 1. The monoisotopic (exact) mass is 331 g/mol. The average molecular weight is 331 g/mol. The van der Waals surface area contributed by atoms with E-state index < -0.39 is 6.09 Å². The van der Waals surface area contributed by atoms with Crippen LogP contribution in [0.3, 0.4) is 0 Å².